The molecular formula is C27H35NO4. The van der Waals surface area contributed by atoms with Gasteiger partial charge in [0.25, 0.3) is 0 Å². The van der Waals surface area contributed by atoms with Gasteiger partial charge in [0.1, 0.15) is 17.7 Å². The van der Waals surface area contributed by atoms with E-state index in [0.717, 1.165) is 0 Å². The molecule has 172 valence electrons. The van der Waals surface area contributed by atoms with Crippen LogP contribution in [0.2, 0.25) is 0 Å². The predicted molar refractivity (Wildman–Crippen MR) is 126 cm³/mol. The monoisotopic (exact) mass is 437 g/mol. The van der Waals surface area contributed by atoms with Crippen molar-refractivity contribution in [3.8, 4) is 0 Å². The Morgan fingerprint density at radius 1 is 0.906 bits per heavy atom. The molecule has 3 aromatic rings. The highest BCUT2D eigenvalue weighted by atomic mass is 16.5. The third-order valence-electron chi connectivity index (χ3n) is 4.98. The molecule has 0 spiro atoms. The number of aliphatic hydroxyl groups excluding tert-OH is 1. The number of aliphatic hydroxyl groups is 1. The van der Waals surface area contributed by atoms with Crippen LogP contribution in [0.15, 0.2) is 84.9 Å². The first-order valence-corrected chi connectivity index (χ1v) is 10.8. The zero-order valence-corrected chi connectivity index (χ0v) is 19.6. The van der Waals surface area contributed by atoms with Crippen LogP contribution < -0.4 is 10.8 Å². The lowest BCUT2D eigenvalue weighted by atomic mass is 9.81. The highest BCUT2D eigenvalue weighted by molar-refractivity contribution is 5.73. The molecule has 0 heterocycles. The molecule has 0 bridgehead atoms. The third kappa shape index (κ3) is 6.76. The maximum absolute atomic E-state index is 11.2. The molecule has 5 nitrogen and oxygen atoms in total. The number of carboxylic acid groups (broad SMARTS) is 1. The Morgan fingerprint density at radius 3 is 1.62 bits per heavy atom. The average Bonchev–Trinajstić information content (AvgIpc) is 2.83. The Hall–Kier alpha value is -2.99. The second-order valence-corrected chi connectivity index (χ2v) is 7.21. The van der Waals surface area contributed by atoms with Crippen LogP contribution in [0.4, 0.5) is 0 Å². The zero-order chi connectivity index (χ0) is 24.1. The van der Waals surface area contributed by atoms with Crippen molar-refractivity contribution in [3.63, 3.8) is 0 Å². The summed E-state index contributed by atoms with van der Waals surface area (Å²) in [6.45, 7) is 8.20. The number of hydrogen-bond acceptors (Lipinski definition) is 4. The molecule has 0 fully saturated rings. The zero-order valence-electron chi connectivity index (χ0n) is 19.6. The summed E-state index contributed by atoms with van der Waals surface area (Å²) in [5.41, 5.74) is 6.15. The summed E-state index contributed by atoms with van der Waals surface area (Å²) in [7, 11) is 1.37. The van der Waals surface area contributed by atoms with Gasteiger partial charge in [-0.1, -0.05) is 104 Å². The van der Waals surface area contributed by atoms with Crippen LogP contribution in [0.3, 0.4) is 0 Å². The summed E-state index contributed by atoms with van der Waals surface area (Å²) in [6.07, 6.45) is -1.82. The van der Waals surface area contributed by atoms with Gasteiger partial charge in [-0.25, -0.2) is 0 Å². The van der Waals surface area contributed by atoms with Gasteiger partial charge in [0, 0.05) is 12.7 Å². The number of quaternary nitrogens is 1. The van der Waals surface area contributed by atoms with E-state index in [2.05, 4.69) is 43.8 Å². The average molecular weight is 438 g/mol. The molecular weight excluding hydrogens is 402 g/mol. The second-order valence-electron chi connectivity index (χ2n) is 7.21. The van der Waals surface area contributed by atoms with E-state index in [4.69, 9.17) is 4.74 Å². The van der Waals surface area contributed by atoms with Gasteiger partial charge >= 0.3 is 0 Å². The minimum Gasteiger partial charge on any atom is -0.547 e. The molecule has 5 heteroatoms. The smallest absolute Gasteiger partial charge is 0.149 e. The van der Waals surface area contributed by atoms with Crippen LogP contribution in [-0.2, 0) is 15.1 Å². The summed E-state index contributed by atoms with van der Waals surface area (Å²) >= 11 is 0. The van der Waals surface area contributed by atoms with Crippen molar-refractivity contribution in [1.82, 2.24) is 0 Å². The van der Waals surface area contributed by atoms with Crippen LogP contribution in [0.1, 0.15) is 49.1 Å². The fourth-order valence-electron chi connectivity index (χ4n) is 3.26. The molecule has 32 heavy (non-hydrogen) atoms. The summed E-state index contributed by atoms with van der Waals surface area (Å²) in [5.74, 6) is -1.58. The van der Waals surface area contributed by atoms with Crippen molar-refractivity contribution in [2.75, 3.05) is 7.11 Å². The molecule has 2 atom stereocenters. The Kier molecular flexibility index (Phi) is 11.3. The topological polar surface area (TPSA) is 97.2 Å². The molecule has 0 radical (unpaired) electrons. The number of methoxy groups -OCH3 is 1. The Balaban J connectivity index is 0.000000358. The summed E-state index contributed by atoms with van der Waals surface area (Å²) in [5, 5.41) is 21.4. The quantitative estimate of drug-likeness (QED) is 0.619. The minimum atomic E-state index is -1.82. The molecule has 0 amide bonds. The molecule has 3 aromatic carbocycles. The van der Waals surface area contributed by atoms with Gasteiger partial charge in [0.2, 0.25) is 0 Å². The molecule has 0 aliphatic heterocycles. The molecule has 3 rings (SSSR count). The number of ether oxygens (including phenoxy) is 1. The lowest BCUT2D eigenvalue weighted by molar-refractivity contribution is -0.420. The van der Waals surface area contributed by atoms with Crippen molar-refractivity contribution < 1.29 is 25.5 Å². The fourth-order valence-corrected chi connectivity index (χ4v) is 3.26. The number of hydrogen-bond donors (Lipinski definition) is 2. The highest BCUT2D eigenvalue weighted by Crippen LogP contribution is 2.36. The standard InChI is InChI=1S/C16H16O4.C9H13N.C2H6/c1-20-16(14(17)15(18)19,12-8-4-2-5-9-12)13-10-6-3-7-11-13;1-7-3-5-9(6-4-7)8(2)10;1-2/h2-11,14,17H,1H3,(H,18,19);3-6,8H,10H2,1-2H3;1-2H3. The first kappa shape index (κ1) is 27.0. The van der Waals surface area contributed by atoms with Gasteiger partial charge in [-0.2, -0.15) is 0 Å². The van der Waals surface area contributed by atoms with E-state index in [-0.39, 0.29) is 0 Å². The van der Waals surface area contributed by atoms with Crippen molar-refractivity contribution in [1.29, 1.82) is 0 Å². The van der Waals surface area contributed by atoms with Crippen LogP contribution in [0.5, 0.6) is 0 Å². The molecule has 0 saturated heterocycles. The van der Waals surface area contributed by atoms with E-state index in [9.17, 15) is 15.0 Å². The van der Waals surface area contributed by atoms with Crippen molar-refractivity contribution >= 4 is 5.97 Å². The number of carbonyl (C=O) groups is 1. The van der Waals surface area contributed by atoms with Crippen LogP contribution >= 0.6 is 0 Å². The van der Waals surface area contributed by atoms with E-state index in [0.29, 0.717) is 17.2 Å². The molecule has 4 N–H and O–H groups in total. The van der Waals surface area contributed by atoms with E-state index in [1.807, 2.05) is 13.8 Å². The first-order chi connectivity index (χ1) is 15.3. The SMILES string of the molecule is CC.COC(c1ccccc1)(c1ccccc1)C(O)C(=O)[O-].Cc1ccc(C(C)[NH3+])cc1. The third-order valence-corrected chi connectivity index (χ3v) is 4.98. The molecule has 2 unspecified atom stereocenters. The lowest BCUT2D eigenvalue weighted by Gasteiger charge is -2.38. The van der Waals surface area contributed by atoms with Crippen LogP contribution in [0.25, 0.3) is 0 Å². The predicted octanol–water partition coefficient (Wildman–Crippen LogP) is 3.01. The van der Waals surface area contributed by atoms with E-state index < -0.39 is 17.7 Å². The number of rotatable bonds is 6. The largest absolute Gasteiger partial charge is 0.547 e. The summed E-state index contributed by atoms with van der Waals surface area (Å²) in [6, 6.07) is 26.4. The van der Waals surface area contributed by atoms with Crippen molar-refractivity contribution in [2.45, 2.75) is 45.4 Å². The van der Waals surface area contributed by atoms with Gasteiger partial charge in [0.05, 0.1) is 5.97 Å². The lowest BCUT2D eigenvalue weighted by Crippen LogP contribution is -2.52. The maximum Gasteiger partial charge on any atom is 0.149 e. The minimum absolute atomic E-state index is 0.403. The number of aliphatic carboxylic acids is 1. The number of carbonyl (C=O) groups excluding carboxylic acids is 1. The number of aryl methyl sites for hydroxylation is 1. The number of benzene rings is 3. The highest BCUT2D eigenvalue weighted by Gasteiger charge is 2.42. The fraction of sp³-hybridized carbons (Fsp3) is 0.296. The van der Waals surface area contributed by atoms with Crippen LogP contribution in [-0.4, -0.2) is 24.3 Å². The molecule has 0 aliphatic carbocycles. The van der Waals surface area contributed by atoms with Gasteiger partial charge in [-0.05, 0) is 25.0 Å². The normalized spacial score (nSPS) is 12.3. The molecule has 0 saturated carbocycles. The van der Waals surface area contributed by atoms with Gasteiger partial charge < -0.3 is 25.5 Å². The van der Waals surface area contributed by atoms with Crippen LogP contribution in [0, 0.1) is 6.92 Å². The second kappa shape index (κ2) is 13.4. The Labute approximate surface area is 191 Å². The molecule has 0 aliphatic rings. The van der Waals surface area contributed by atoms with Gasteiger partial charge in [-0.3, -0.25) is 0 Å². The maximum atomic E-state index is 11.2. The van der Waals surface area contributed by atoms with Gasteiger partial charge in [-0.15, -0.1) is 0 Å². The summed E-state index contributed by atoms with van der Waals surface area (Å²) in [4.78, 5) is 11.2. The van der Waals surface area contributed by atoms with E-state index in [1.54, 1.807) is 60.7 Å². The van der Waals surface area contributed by atoms with Crippen molar-refractivity contribution in [3.05, 3.63) is 107 Å². The van der Waals surface area contributed by atoms with E-state index in [1.165, 1.54) is 18.2 Å². The Morgan fingerprint density at radius 2 is 1.31 bits per heavy atom. The first-order valence-electron chi connectivity index (χ1n) is 10.8. The number of carboxylic acids is 1. The Bertz CT molecular complexity index is 870. The summed E-state index contributed by atoms with van der Waals surface area (Å²) < 4.78 is 5.46. The van der Waals surface area contributed by atoms with Gasteiger partial charge in [0.15, 0.2) is 0 Å². The van der Waals surface area contributed by atoms with Crippen molar-refractivity contribution in [2.24, 2.45) is 0 Å². The van der Waals surface area contributed by atoms with E-state index >= 15 is 0 Å². The molecule has 0 aromatic heterocycles.